The number of hydrogen-bond donors (Lipinski definition) is 2. The molecule has 154 valence electrons. The van der Waals surface area contributed by atoms with Crippen LogP contribution in [0, 0.1) is 0 Å². The van der Waals surface area contributed by atoms with Gasteiger partial charge in [0.15, 0.2) is 5.96 Å². The van der Waals surface area contributed by atoms with Crippen LogP contribution in [0.3, 0.4) is 0 Å². The Morgan fingerprint density at radius 1 is 1.41 bits per heavy atom. The van der Waals surface area contributed by atoms with Crippen molar-refractivity contribution in [3.63, 3.8) is 0 Å². The second-order valence-electron chi connectivity index (χ2n) is 6.55. The molecule has 0 bridgehead atoms. The minimum Gasteiger partial charge on any atom is -0.382 e. The zero-order chi connectivity index (χ0) is 19.3. The van der Waals surface area contributed by atoms with Crippen LogP contribution in [0.2, 0.25) is 0 Å². The summed E-state index contributed by atoms with van der Waals surface area (Å²) in [5.41, 5.74) is 0. The van der Waals surface area contributed by atoms with E-state index < -0.39 is 0 Å². The molecule has 7 nitrogen and oxygen atoms in total. The Balaban J connectivity index is 1.77. The lowest BCUT2D eigenvalue weighted by molar-refractivity contribution is -0.0334. The van der Waals surface area contributed by atoms with Crippen molar-refractivity contribution in [1.82, 2.24) is 15.5 Å². The van der Waals surface area contributed by atoms with Crippen LogP contribution >= 0.6 is 11.3 Å². The number of aliphatic imine (C=N–C) groups is 1. The average Bonchev–Trinajstić information content (AvgIpc) is 3.20. The Bertz CT molecular complexity index is 527. The van der Waals surface area contributed by atoms with Crippen molar-refractivity contribution >= 4 is 17.3 Å². The maximum absolute atomic E-state index is 5.71. The summed E-state index contributed by atoms with van der Waals surface area (Å²) in [6.45, 7) is 8.48. The fourth-order valence-electron chi connectivity index (χ4n) is 3.06. The predicted octanol–water partition coefficient (Wildman–Crippen LogP) is 1.73. The van der Waals surface area contributed by atoms with Crippen LogP contribution < -0.4 is 10.6 Å². The number of rotatable bonds is 11. The first-order valence-electron chi connectivity index (χ1n) is 9.64. The van der Waals surface area contributed by atoms with Crippen LogP contribution in [0.1, 0.15) is 24.3 Å². The van der Waals surface area contributed by atoms with Gasteiger partial charge in [-0.15, -0.1) is 11.3 Å². The largest absolute Gasteiger partial charge is 0.382 e. The molecule has 2 rings (SSSR count). The lowest BCUT2D eigenvalue weighted by Crippen LogP contribution is -2.48. The third kappa shape index (κ3) is 8.15. The van der Waals surface area contributed by atoms with E-state index in [4.69, 9.17) is 14.2 Å². The third-order valence-electron chi connectivity index (χ3n) is 4.46. The summed E-state index contributed by atoms with van der Waals surface area (Å²) in [5.74, 6) is 0.828. The highest BCUT2D eigenvalue weighted by atomic mass is 32.1. The molecule has 1 saturated heterocycles. The first kappa shape index (κ1) is 22.1. The third-order valence-corrected chi connectivity index (χ3v) is 5.43. The summed E-state index contributed by atoms with van der Waals surface area (Å²) in [6.07, 6.45) is 1.21. The number of thiophene rings is 1. The topological polar surface area (TPSA) is 67.4 Å². The van der Waals surface area contributed by atoms with Crippen LogP contribution in [0.4, 0.5) is 0 Å². The van der Waals surface area contributed by atoms with Crippen LogP contribution in [-0.2, 0) is 14.2 Å². The molecule has 1 aromatic heterocycles. The van der Waals surface area contributed by atoms with E-state index >= 15 is 0 Å². The molecule has 8 heteroatoms. The lowest BCUT2D eigenvalue weighted by atomic mass is 10.1. The van der Waals surface area contributed by atoms with E-state index in [9.17, 15) is 0 Å². The van der Waals surface area contributed by atoms with Gasteiger partial charge in [-0.25, -0.2) is 0 Å². The molecular formula is C19H34N4O3S. The van der Waals surface area contributed by atoms with E-state index in [2.05, 4.69) is 45.0 Å². The first-order valence-corrected chi connectivity index (χ1v) is 10.5. The summed E-state index contributed by atoms with van der Waals surface area (Å²) >= 11 is 1.81. The van der Waals surface area contributed by atoms with E-state index in [1.165, 1.54) is 4.88 Å². The summed E-state index contributed by atoms with van der Waals surface area (Å²) in [4.78, 5) is 8.22. The summed E-state index contributed by atoms with van der Waals surface area (Å²) in [5, 5.41) is 8.99. The second-order valence-corrected chi connectivity index (χ2v) is 7.53. The molecule has 0 radical (unpaired) electrons. The summed E-state index contributed by atoms with van der Waals surface area (Å²) in [6, 6.07) is 4.66. The fourth-order valence-corrected chi connectivity index (χ4v) is 3.92. The average molecular weight is 399 g/mol. The maximum Gasteiger partial charge on any atom is 0.191 e. The number of methoxy groups -OCH3 is 1. The van der Waals surface area contributed by atoms with E-state index in [-0.39, 0.29) is 6.10 Å². The Morgan fingerprint density at radius 2 is 2.30 bits per heavy atom. The van der Waals surface area contributed by atoms with Gasteiger partial charge in [-0.2, -0.15) is 0 Å². The molecule has 1 fully saturated rings. The smallest absolute Gasteiger partial charge is 0.191 e. The van der Waals surface area contributed by atoms with Crippen LogP contribution in [-0.4, -0.2) is 83.7 Å². The Hall–Kier alpha value is -1.19. The number of hydrogen-bond acceptors (Lipinski definition) is 6. The molecule has 1 aromatic rings. The summed E-state index contributed by atoms with van der Waals surface area (Å²) in [7, 11) is 3.49. The number of nitrogens with zero attached hydrogens (tertiary/aromatic N) is 2. The molecule has 0 saturated carbocycles. The molecule has 1 aliphatic heterocycles. The zero-order valence-corrected chi connectivity index (χ0v) is 17.6. The van der Waals surface area contributed by atoms with Crippen molar-refractivity contribution in [3.05, 3.63) is 22.4 Å². The lowest BCUT2D eigenvalue weighted by Gasteiger charge is -2.37. The van der Waals surface area contributed by atoms with Crippen LogP contribution in [0.25, 0.3) is 0 Å². The van der Waals surface area contributed by atoms with E-state index in [1.54, 1.807) is 25.5 Å². The monoisotopic (exact) mass is 398 g/mol. The first-order chi connectivity index (χ1) is 13.2. The predicted molar refractivity (Wildman–Crippen MR) is 111 cm³/mol. The summed E-state index contributed by atoms with van der Waals surface area (Å²) < 4.78 is 16.2. The zero-order valence-electron chi connectivity index (χ0n) is 16.8. The molecule has 27 heavy (non-hydrogen) atoms. The minimum atomic E-state index is 0.275. The Kier molecular flexibility index (Phi) is 10.7. The Morgan fingerprint density at radius 3 is 3.00 bits per heavy atom. The number of nitrogens with one attached hydrogen (secondary N) is 2. The number of guanidine groups is 1. The Labute approximate surface area is 167 Å². The highest BCUT2D eigenvalue weighted by Crippen LogP contribution is 2.26. The fraction of sp³-hybridized carbons (Fsp3) is 0.737. The normalized spacial score (nSPS) is 19.8. The molecule has 0 spiro atoms. The highest BCUT2D eigenvalue weighted by Gasteiger charge is 2.26. The second kappa shape index (κ2) is 13.1. The molecule has 1 aliphatic rings. The van der Waals surface area contributed by atoms with Gasteiger partial charge in [0.1, 0.15) is 0 Å². The molecule has 2 atom stereocenters. The van der Waals surface area contributed by atoms with Crippen molar-refractivity contribution < 1.29 is 14.2 Å². The highest BCUT2D eigenvalue weighted by molar-refractivity contribution is 7.10. The van der Waals surface area contributed by atoms with Crippen molar-refractivity contribution in [2.75, 3.05) is 66.8 Å². The van der Waals surface area contributed by atoms with E-state index in [1.807, 2.05) is 0 Å². The van der Waals surface area contributed by atoms with Crippen molar-refractivity contribution in [2.45, 2.75) is 25.5 Å². The molecule has 0 aromatic carbocycles. The van der Waals surface area contributed by atoms with Gasteiger partial charge in [-0.05, 0) is 24.8 Å². The van der Waals surface area contributed by atoms with Gasteiger partial charge in [-0.3, -0.25) is 9.89 Å². The van der Waals surface area contributed by atoms with Crippen molar-refractivity contribution in [1.29, 1.82) is 0 Å². The van der Waals surface area contributed by atoms with Crippen LogP contribution in [0.5, 0.6) is 0 Å². The molecule has 0 aliphatic carbocycles. The number of morpholine rings is 1. The maximum atomic E-state index is 5.71. The minimum absolute atomic E-state index is 0.275. The van der Waals surface area contributed by atoms with E-state index in [0.717, 1.165) is 51.8 Å². The molecule has 2 N–H and O–H groups in total. The van der Waals surface area contributed by atoms with Gasteiger partial charge in [0.25, 0.3) is 0 Å². The number of ether oxygens (including phenoxy) is 3. The molecule has 2 unspecified atom stereocenters. The quantitative estimate of drug-likeness (QED) is 0.336. The van der Waals surface area contributed by atoms with Crippen LogP contribution in [0.15, 0.2) is 22.5 Å². The van der Waals surface area contributed by atoms with Gasteiger partial charge in [0.2, 0.25) is 0 Å². The van der Waals surface area contributed by atoms with Gasteiger partial charge in [0, 0.05) is 51.8 Å². The van der Waals surface area contributed by atoms with Gasteiger partial charge >= 0.3 is 0 Å². The van der Waals surface area contributed by atoms with Crippen molar-refractivity contribution in [3.8, 4) is 0 Å². The van der Waals surface area contributed by atoms with Gasteiger partial charge in [-0.1, -0.05) is 6.07 Å². The van der Waals surface area contributed by atoms with Crippen molar-refractivity contribution in [2.24, 2.45) is 4.99 Å². The molecule has 2 heterocycles. The van der Waals surface area contributed by atoms with Gasteiger partial charge in [0.05, 0.1) is 32.0 Å². The SMILES string of the molecule is CN=C(NCCCOCCOC)NCC(c1cccs1)N1CCOC(C)C1. The molecule has 0 amide bonds. The molecular weight excluding hydrogens is 364 g/mol. The standard InChI is InChI=1S/C19H34N4O3S/c1-16-15-23(8-10-26-16)17(18-6-4-13-27-18)14-22-19(20-2)21-7-5-9-25-12-11-24-3/h4,6,13,16-17H,5,7-12,14-15H2,1-3H3,(H2,20,21,22). The van der Waals surface area contributed by atoms with Gasteiger partial charge < -0.3 is 24.8 Å². The van der Waals surface area contributed by atoms with E-state index in [0.29, 0.717) is 19.3 Å².